The van der Waals surface area contributed by atoms with E-state index in [1.807, 2.05) is 61.5 Å². The zero-order chi connectivity index (χ0) is 26.0. The molecule has 186 valence electrons. The third kappa shape index (κ3) is 7.49. The molecule has 0 saturated heterocycles. The van der Waals surface area contributed by atoms with E-state index >= 15 is 0 Å². The summed E-state index contributed by atoms with van der Waals surface area (Å²) in [5.74, 6) is -0.0564. The van der Waals surface area contributed by atoms with Gasteiger partial charge in [-0.05, 0) is 73.2 Å². The molecule has 2 amide bonds. The molecule has 4 aromatic rings. The molecule has 0 radical (unpaired) electrons. The van der Waals surface area contributed by atoms with Gasteiger partial charge in [0.05, 0.1) is 12.2 Å². The number of thiocarbonyl (C=S) groups is 1. The number of aryl methyl sites for hydroxylation is 1. The van der Waals surface area contributed by atoms with Crippen LogP contribution in [0.4, 0.5) is 11.4 Å². The Morgan fingerprint density at radius 1 is 0.757 bits per heavy atom. The Kier molecular flexibility index (Phi) is 8.62. The van der Waals surface area contributed by atoms with E-state index in [1.54, 1.807) is 48.5 Å². The molecule has 0 unspecified atom stereocenters. The van der Waals surface area contributed by atoms with Gasteiger partial charge >= 0.3 is 0 Å². The van der Waals surface area contributed by atoms with Crippen LogP contribution in [0.2, 0.25) is 0 Å². The number of carbonyl (C=O) groups excluding carboxylic acids is 2. The van der Waals surface area contributed by atoms with E-state index in [0.717, 1.165) is 17.5 Å². The van der Waals surface area contributed by atoms with Crippen LogP contribution in [0.5, 0.6) is 5.75 Å². The van der Waals surface area contributed by atoms with Crippen molar-refractivity contribution in [2.24, 2.45) is 0 Å². The smallest absolute Gasteiger partial charge is 0.261 e. The summed E-state index contributed by atoms with van der Waals surface area (Å²) in [4.78, 5) is 25.3. The fourth-order valence-corrected chi connectivity index (χ4v) is 3.87. The van der Waals surface area contributed by atoms with E-state index in [9.17, 15) is 9.59 Å². The molecule has 37 heavy (non-hydrogen) atoms. The fourth-order valence-electron chi connectivity index (χ4n) is 3.66. The number of anilines is 2. The molecule has 3 N–H and O–H groups in total. The van der Waals surface area contributed by atoms with Gasteiger partial charge < -0.3 is 15.4 Å². The van der Waals surface area contributed by atoms with Crippen molar-refractivity contribution in [1.82, 2.24) is 5.32 Å². The predicted molar refractivity (Wildman–Crippen MR) is 151 cm³/mol. The summed E-state index contributed by atoms with van der Waals surface area (Å²) >= 11 is 5.33. The number of ether oxygens (including phenoxy) is 1. The molecule has 4 aromatic carbocycles. The highest BCUT2D eigenvalue weighted by Gasteiger charge is 2.14. The number of hydrogen-bond acceptors (Lipinski definition) is 4. The minimum atomic E-state index is -0.366. The summed E-state index contributed by atoms with van der Waals surface area (Å²) in [5.41, 5.74) is 4.49. The van der Waals surface area contributed by atoms with Gasteiger partial charge in [-0.1, -0.05) is 60.2 Å². The predicted octanol–water partition coefficient (Wildman–Crippen LogP) is 6.00. The van der Waals surface area contributed by atoms with Gasteiger partial charge in [0, 0.05) is 23.4 Å². The summed E-state index contributed by atoms with van der Waals surface area (Å²) in [6.45, 7) is 2.39. The normalized spacial score (nSPS) is 10.3. The fraction of sp³-hybridized carbons (Fsp3) is 0.100. The molecule has 0 spiro atoms. The molecule has 0 heterocycles. The Labute approximate surface area is 221 Å². The van der Waals surface area contributed by atoms with Crippen molar-refractivity contribution < 1.29 is 14.3 Å². The quantitative estimate of drug-likeness (QED) is 0.254. The zero-order valence-corrected chi connectivity index (χ0v) is 21.2. The van der Waals surface area contributed by atoms with Crippen LogP contribution in [-0.4, -0.2) is 23.5 Å². The molecule has 4 rings (SSSR count). The standard InChI is InChI=1S/C30H27N3O3S/c1-21-8-7-11-23(20-21)28(34)31-24-14-16-25(17-15-24)32-30(37)33-29(35)26-12-5-6-13-27(26)36-19-18-22-9-3-2-4-10-22/h2-17,20H,18-19H2,1H3,(H,31,34)(H2,32,33,35,37). The van der Waals surface area contributed by atoms with Crippen LogP contribution < -0.4 is 20.7 Å². The Hall–Kier alpha value is -4.49. The van der Waals surface area contributed by atoms with Gasteiger partial charge in [0.25, 0.3) is 11.8 Å². The van der Waals surface area contributed by atoms with E-state index in [0.29, 0.717) is 34.9 Å². The van der Waals surface area contributed by atoms with E-state index in [-0.39, 0.29) is 16.9 Å². The Morgan fingerprint density at radius 3 is 2.16 bits per heavy atom. The first-order valence-corrected chi connectivity index (χ1v) is 12.2. The van der Waals surface area contributed by atoms with Crippen molar-refractivity contribution in [2.75, 3.05) is 17.2 Å². The highest BCUT2D eigenvalue weighted by atomic mass is 32.1. The molecule has 0 bridgehead atoms. The van der Waals surface area contributed by atoms with E-state index in [1.165, 1.54) is 0 Å². The van der Waals surface area contributed by atoms with Gasteiger partial charge in [-0.15, -0.1) is 0 Å². The first kappa shape index (κ1) is 25.6. The third-order valence-corrected chi connectivity index (χ3v) is 5.73. The number of rotatable bonds is 8. The summed E-state index contributed by atoms with van der Waals surface area (Å²) in [6.07, 6.45) is 0.734. The number of benzene rings is 4. The highest BCUT2D eigenvalue weighted by Crippen LogP contribution is 2.19. The van der Waals surface area contributed by atoms with Crippen molar-refractivity contribution in [3.63, 3.8) is 0 Å². The summed E-state index contributed by atoms with van der Waals surface area (Å²) in [5, 5.41) is 8.71. The van der Waals surface area contributed by atoms with Crippen LogP contribution in [0.3, 0.4) is 0 Å². The Morgan fingerprint density at radius 2 is 1.43 bits per heavy atom. The van der Waals surface area contributed by atoms with Gasteiger partial charge in [-0.25, -0.2) is 0 Å². The Balaban J connectivity index is 1.30. The monoisotopic (exact) mass is 509 g/mol. The third-order valence-electron chi connectivity index (χ3n) is 5.53. The van der Waals surface area contributed by atoms with Crippen LogP contribution in [0.1, 0.15) is 31.8 Å². The lowest BCUT2D eigenvalue weighted by molar-refractivity contribution is 0.0972. The van der Waals surface area contributed by atoms with Crippen LogP contribution in [0, 0.1) is 6.92 Å². The molecule has 0 fully saturated rings. The van der Waals surface area contributed by atoms with Gasteiger partial charge in [0.2, 0.25) is 0 Å². The number of nitrogens with one attached hydrogen (secondary N) is 3. The second kappa shape index (κ2) is 12.5. The van der Waals surface area contributed by atoms with Gasteiger partial charge in [0.1, 0.15) is 5.75 Å². The van der Waals surface area contributed by atoms with Crippen LogP contribution in [0.15, 0.2) is 103 Å². The molecular weight excluding hydrogens is 482 g/mol. The molecular formula is C30H27N3O3S. The molecule has 7 heteroatoms. The molecule has 0 aliphatic rings. The first-order chi connectivity index (χ1) is 18.0. The second-order valence-corrected chi connectivity index (χ2v) is 8.80. The van der Waals surface area contributed by atoms with Crippen LogP contribution >= 0.6 is 12.2 Å². The summed E-state index contributed by atoms with van der Waals surface area (Å²) in [7, 11) is 0. The highest BCUT2D eigenvalue weighted by molar-refractivity contribution is 7.80. The van der Waals surface area contributed by atoms with E-state index in [2.05, 4.69) is 16.0 Å². The largest absolute Gasteiger partial charge is 0.492 e. The zero-order valence-electron chi connectivity index (χ0n) is 20.4. The molecule has 0 saturated carbocycles. The second-order valence-electron chi connectivity index (χ2n) is 8.39. The first-order valence-electron chi connectivity index (χ1n) is 11.8. The van der Waals surface area contributed by atoms with E-state index in [4.69, 9.17) is 17.0 Å². The summed E-state index contributed by atoms with van der Waals surface area (Å²) in [6, 6.07) is 31.5. The van der Waals surface area contributed by atoms with Gasteiger partial charge in [0.15, 0.2) is 5.11 Å². The minimum Gasteiger partial charge on any atom is -0.492 e. The lowest BCUT2D eigenvalue weighted by atomic mass is 10.1. The van der Waals surface area contributed by atoms with Gasteiger partial charge in [-0.2, -0.15) is 0 Å². The maximum atomic E-state index is 12.9. The van der Waals surface area contributed by atoms with Crippen molar-refractivity contribution in [2.45, 2.75) is 13.3 Å². The number of hydrogen-bond donors (Lipinski definition) is 3. The summed E-state index contributed by atoms with van der Waals surface area (Å²) < 4.78 is 5.89. The average Bonchev–Trinajstić information content (AvgIpc) is 2.90. The maximum Gasteiger partial charge on any atom is 0.261 e. The maximum absolute atomic E-state index is 12.9. The van der Waals surface area contributed by atoms with Crippen molar-refractivity contribution in [1.29, 1.82) is 0 Å². The SMILES string of the molecule is Cc1cccc(C(=O)Nc2ccc(NC(=S)NC(=O)c3ccccc3OCCc3ccccc3)cc2)c1. The van der Waals surface area contributed by atoms with Crippen molar-refractivity contribution in [3.8, 4) is 5.75 Å². The van der Waals surface area contributed by atoms with Gasteiger partial charge in [-0.3, -0.25) is 14.9 Å². The lowest BCUT2D eigenvalue weighted by Gasteiger charge is -2.13. The number of carbonyl (C=O) groups is 2. The minimum absolute atomic E-state index is 0.153. The average molecular weight is 510 g/mol. The molecule has 0 atom stereocenters. The van der Waals surface area contributed by atoms with Crippen molar-refractivity contribution in [3.05, 3.63) is 125 Å². The van der Waals surface area contributed by atoms with E-state index < -0.39 is 0 Å². The molecule has 0 aliphatic heterocycles. The number of para-hydroxylation sites is 1. The van der Waals surface area contributed by atoms with Crippen molar-refractivity contribution >= 4 is 40.5 Å². The molecule has 0 aliphatic carbocycles. The number of amides is 2. The topological polar surface area (TPSA) is 79.5 Å². The molecule has 6 nitrogen and oxygen atoms in total. The molecule has 0 aromatic heterocycles. The Bertz CT molecular complexity index is 1390. The van der Waals surface area contributed by atoms with Crippen LogP contribution in [0.25, 0.3) is 0 Å². The lowest BCUT2D eigenvalue weighted by Crippen LogP contribution is -2.34. The van der Waals surface area contributed by atoms with Crippen LogP contribution in [-0.2, 0) is 6.42 Å².